The van der Waals surface area contributed by atoms with E-state index in [0.29, 0.717) is 5.56 Å². The first-order valence-corrected chi connectivity index (χ1v) is 5.66. The Morgan fingerprint density at radius 3 is 3.00 bits per heavy atom. The summed E-state index contributed by atoms with van der Waals surface area (Å²) in [7, 11) is 1.53. The Hall–Kier alpha value is -1.42. The smallest absolute Gasteiger partial charge is 0.225 e. The number of methoxy groups -OCH3 is 1. The van der Waals surface area contributed by atoms with E-state index >= 15 is 0 Å². The molecule has 0 spiro atoms. The zero-order valence-corrected chi connectivity index (χ0v) is 10.00. The van der Waals surface area contributed by atoms with E-state index in [4.69, 9.17) is 4.74 Å². The molecule has 0 aromatic heterocycles. The summed E-state index contributed by atoms with van der Waals surface area (Å²) in [6.07, 6.45) is 0.790. The quantitative estimate of drug-likeness (QED) is 0.813. The van der Waals surface area contributed by atoms with E-state index in [0.717, 1.165) is 12.0 Å². The van der Waals surface area contributed by atoms with Crippen molar-refractivity contribution in [2.24, 2.45) is 5.92 Å². The zero-order valence-electron chi connectivity index (χ0n) is 10.00. The average Bonchev–Trinajstić information content (AvgIpc) is 3.09. The summed E-state index contributed by atoms with van der Waals surface area (Å²) in [5.74, 6) is -0.0995. The van der Waals surface area contributed by atoms with Crippen molar-refractivity contribution in [3.05, 3.63) is 35.1 Å². The number of nitrogens with one attached hydrogen (secondary N) is 1. The normalized spacial score (nSPS) is 22.3. The maximum absolute atomic E-state index is 13.4. The van der Waals surface area contributed by atoms with Crippen LogP contribution in [0.1, 0.15) is 23.5 Å². The molecule has 1 saturated carbocycles. The molecular weight excluding hydrogens is 221 g/mol. The summed E-state index contributed by atoms with van der Waals surface area (Å²) in [6.45, 7) is 1.96. The molecule has 0 radical (unpaired) electrons. The Balaban J connectivity index is 1.98. The first kappa shape index (κ1) is 12.0. The van der Waals surface area contributed by atoms with Crippen molar-refractivity contribution in [1.29, 1.82) is 0 Å². The number of carbonyl (C=O) groups excluding carboxylic acids is 1. The lowest BCUT2D eigenvalue weighted by atomic mass is 10.1. The highest BCUT2D eigenvalue weighted by molar-refractivity contribution is 5.82. The summed E-state index contributed by atoms with van der Waals surface area (Å²) in [6, 6.07) is 5.18. The molecule has 1 N–H and O–H groups in total. The van der Waals surface area contributed by atoms with Gasteiger partial charge in [0.1, 0.15) is 12.5 Å². The number of halogens is 1. The molecule has 1 aliphatic carbocycles. The molecule has 2 rings (SSSR count). The molecule has 17 heavy (non-hydrogen) atoms. The maximum Gasteiger partial charge on any atom is 0.225 e. The van der Waals surface area contributed by atoms with Crippen LogP contribution in [-0.2, 0) is 9.53 Å². The molecular formula is C13H16FNO2. The number of amides is 1. The van der Waals surface area contributed by atoms with Gasteiger partial charge in [-0.1, -0.05) is 12.1 Å². The lowest BCUT2D eigenvalue weighted by molar-refractivity contribution is -0.123. The molecule has 4 heteroatoms. The van der Waals surface area contributed by atoms with E-state index in [1.165, 1.54) is 13.2 Å². The number of rotatable bonds is 4. The molecule has 0 aliphatic heterocycles. The minimum atomic E-state index is -0.203. The van der Waals surface area contributed by atoms with Gasteiger partial charge < -0.3 is 10.1 Å². The second-order valence-electron chi connectivity index (χ2n) is 4.43. The lowest BCUT2D eigenvalue weighted by Crippen LogP contribution is -2.27. The molecule has 92 valence electrons. The predicted molar refractivity (Wildman–Crippen MR) is 62.0 cm³/mol. The molecule has 1 aromatic carbocycles. The van der Waals surface area contributed by atoms with Crippen molar-refractivity contribution >= 4 is 5.91 Å². The van der Waals surface area contributed by atoms with Crippen LogP contribution in [0.2, 0.25) is 0 Å². The van der Waals surface area contributed by atoms with Crippen molar-refractivity contribution in [2.75, 3.05) is 13.8 Å². The Morgan fingerprint density at radius 2 is 2.35 bits per heavy atom. The fourth-order valence-corrected chi connectivity index (χ4v) is 1.97. The molecule has 2 atom stereocenters. The van der Waals surface area contributed by atoms with Crippen LogP contribution in [0.15, 0.2) is 18.2 Å². The SMILES string of the molecule is COCNC(=O)C1CC1c1ccc(C)c(F)c1. The topological polar surface area (TPSA) is 38.3 Å². The molecule has 2 unspecified atom stereocenters. The average molecular weight is 237 g/mol. The number of aryl methyl sites for hydroxylation is 1. The number of carbonyl (C=O) groups is 1. The van der Waals surface area contributed by atoms with Crippen LogP contribution in [0.3, 0.4) is 0 Å². The van der Waals surface area contributed by atoms with Gasteiger partial charge in [0.05, 0.1) is 0 Å². The number of benzene rings is 1. The van der Waals surface area contributed by atoms with Gasteiger partial charge in [0.15, 0.2) is 0 Å². The van der Waals surface area contributed by atoms with Crippen LogP contribution < -0.4 is 5.32 Å². The molecule has 1 aromatic rings. The number of hydrogen-bond acceptors (Lipinski definition) is 2. The van der Waals surface area contributed by atoms with Crippen LogP contribution in [0, 0.1) is 18.7 Å². The molecule has 0 heterocycles. The third kappa shape index (κ3) is 2.64. The third-order valence-electron chi connectivity index (χ3n) is 3.14. The Kier molecular flexibility index (Phi) is 3.43. The standard InChI is InChI=1S/C13H16FNO2/c1-8-3-4-9(5-12(8)14)10-6-11(10)13(16)15-7-17-2/h3-5,10-11H,6-7H2,1-2H3,(H,15,16). The van der Waals surface area contributed by atoms with Crippen LogP contribution in [0.25, 0.3) is 0 Å². The molecule has 1 fully saturated rings. The minimum absolute atomic E-state index is 0.0159. The largest absolute Gasteiger partial charge is 0.364 e. The van der Waals surface area contributed by atoms with Crippen LogP contribution in [-0.4, -0.2) is 19.7 Å². The Morgan fingerprint density at radius 1 is 1.59 bits per heavy atom. The monoisotopic (exact) mass is 237 g/mol. The molecule has 1 amide bonds. The van der Waals surface area contributed by atoms with Crippen LogP contribution in [0.5, 0.6) is 0 Å². The first-order valence-electron chi connectivity index (χ1n) is 5.66. The van der Waals surface area contributed by atoms with Crippen molar-refractivity contribution in [3.8, 4) is 0 Å². The number of hydrogen-bond donors (Lipinski definition) is 1. The summed E-state index contributed by atoms with van der Waals surface area (Å²) in [5, 5.41) is 2.67. The van der Waals surface area contributed by atoms with E-state index in [1.54, 1.807) is 13.0 Å². The Labute approximate surface area is 100.0 Å². The zero-order chi connectivity index (χ0) is 12.4. The molecule has 3 nitrogen and oxygen atoms in total. The second-order valence-corrected chi connectivity index (χ2v) is 4.43. The summed E-state index contributed by atoms with van der Waals surface area (Å²) >= 11 is 0. The van der Waals surface area contributed by atoms with Crippen molar-refractivity contribution in [3.63, 3.8) is 0 Å². The fraction of sp³-hybridized carbons (Fsp3) is 0.462. The van der Waals surface area contributed by atoms with E-state index in [2.05, 4.69) is 5.32 Å². The maximum atomic E-state index is 13.4. The summed E-state index contributed by atoms with van der Waals surface area (Å²) in [4.78, 5) is 11.6. The molecule has 1 aliphatic rings. The Bertz CT molecular complexity index is 433. The van der Waals surface area contributed by atoms with Gasteiger partial charge in [-0.25, -0.2) is 4.39 Å². The highest BCUT2D eigenvalue weighted by Crippen LogP contribution is 2.47. The second kappa shape index (κ2) is 4.84. The van der Waals surface area contributed by atoms with E-state index < -0.39 is 0 Å². The number of ether oxygens (including phenoxy) is 1. The van der Waals surface area contributed by atoms with Gasteiger partial charge in [-0.15, -0.1) is 0 Å². The van der Waals surface area contributed by atoms with Gasteiger partial charge >= 0.3 is 0 Å². The van der Waals surface area contributed by atoms with Crippen molar-refractivity contribution in [1.82, 2.24) is 5.32 Å². The van der Waals surface area contributed by atoms with Crippen molar-refractivity contribution in [2.45, 2.75) is 19.3 Å². The van der Waals surface area contributed by atoms with Gasteiger partial charge in [0.2, 0.25) is 5.91 Å². The van der Waals surface area contributed by atoms with E-state index in [-0.39, 0.29) is 30.3 Å². The highest BCUT2D eigenvalue weighted by Gasteiger charge is 2.43. The predicted octanol–water partition coefficient (Wildman–Crippen LogP) is 1.96. The van der Waals surface area contributed by atoms with Gasteiger partial charge in [0.25, 0.3) is 0 Å². The lowest BCUT2D eigenvalue weighted by Gasteiger charge is -2.04. The van der Waals surface area contributed by atoms with Gasteiger partial charge in [-0.05, 0) is 36.5 Å². The fourth-order valence-electron chi connectivity index (χ4n) is 1.97. The summed E-state index contributed by atoms with van der Waals surface area (Å²) in [5.41, 5.74) is 1.54. The molecule has 0 saturated heterocycles. The molecule has 0 bridgehead atoms. The minimum Gasteiger partial charge on any atom is -0.364 e. The van der Waals surface area contributed by atoms with Gasteiger partial charge in [-0.2, -0.15) is 0 Å². The van der Waals surface area contributed by atoms with Gasteiger partial charge in [-0.3, -0.25) is 4.79 Å². The van der Waals surface area contributed by atoms with E-state index in [1.807, 2.05) is 6.07 Å². The van der Waals surface area contributed by atoms with Crippen molar-refractivity contribution < 1.29 is 13.9 Å². The van der Waals surface area contributed by atoms with Crippen LogP contribution >= 0.6 is 0 Å². The summed E-state index contributed by atoms with van der Waals surface area (Å²) < 4.78 is 18.2. The third-order valence-corrected chi connectivity index (χ3v) is 3.14. The highest BCUT2D eigenvalue weighted by atomic mass is 19.1. The van der Waals surface area contributed by atoms with Gasteiger partial charge in [0, 0.05) is 13.0 Å². The first-order chi connectivity index (χ1) is 8.13. The van der Waals surface area contributed by atoms with E-state index in [9.17, 15) is 9.18 Å². The van der Waals surface area contributed by atoms with Crippen LogP contribution in [0.4, 0.5) is 4.39 Å².